The van der Waals surface area contributed by atoms with Crippen LogP contribution < -0.4 is 4.74 Å². The predicted octanol–water partition coefficient (Wildman–Crippen LogP) is 3.29. The zero-order valence-electron chi connectivity index (χ0n) is 11.1. The zero-order chi connectivity index (χ0) is 13.2. The van der Waals surface area contributed by atoms with Crippen molar-refractivity contribution in [3.8, 4) is 5.88 Å². The topological polar surface area (TPSA) is 42.4 Å². The summed E-state index contributed by atoms with van der Waals surface area (Å²) in [5, 5.41) is 10.4. The number of aliphatic hydroxyl groups excluding tert-OH is 1. The van der Waals surface area contributed by atoms with Crippen LogP contribution in [0.1, 0.15) is 32.8 Å². The van der Waals surface area contributed by atoms with Gasteiger partial charge in [-0.25, -0.2) is 4.98 Å². The quantitative estimate of drug-likeness (QED) is 0.898. The zero-order valence-corrected chi connectivity index (χ0v) is 11.1. The first-order valence-electron chi connectivity index (χ1n) is 6.24. The highest BCUT2D eigenvalue weighted by atomic mass is 16.5. The third-order valence-electron chi connectivity index (χ3n) is 3.18. The van der Waals surface area contributed by atoms with Crippen molar-refractivity contribution in [1.29, 1.82) is 0 Å². The molecule has 0 aliphatic heterocycles. The number of ether oxygens (including phenoxy) is 1. The lowest BCUT2D eigenvalue weighted by Crippen LogP contribution is -2.27. The van der Waals surface area contributed by atoms with Crippen molar-refractivity contribution in [1.82, 2.24) is 4.98 Å². The Labute approximate surface area is 107 Å². The molecule has 0 aliphatic carbocycles. The highest BCUT2D eigenvalue weighted by Gasteiger charge is 2.18. The van der Waals surface area contributed by atoms with Gasteiger partial charge in [-0.2, -0.15) is 0 Å². The molecule has 3 nitrogen and oxygen atoms in total. The number of rotatable bonds is 4. The van der Waals surface area contributed by atoms with Crippen LogP contribution in [0.2, 0.25) is 0 Å². The smallest absolute Gasteiger partial charge is 0.214 e. The van der Waals surface area contributed by atoms with Gasteiger partial charge in [0.05, 0.1) is 12.1 Å². The van der Waals surface area contributed by atoms with E-state index in [0.717, 1.165) is 22.9 Å². The molecule has 1 N–H and O–H groups in total. The molecule has 2 aromatic rings. The van der Waals surface area contributed by atoms with E-state index < -0.39 is 0 Å². The second-order valence-corrected chi connectivity index (χ2v) is 5.01. The van der Waals surface area contributed by atoms with Crippen molar-refractivity contribution in [2.45, 2.75) is 39.4 Å². The van der Waals surface area contributed by atoms with Gasteiger partial charge < -0.3 is 9.84 Å². The number of aliphatic hydroxyl groups is 1. The van der Waals surface area contributed by atoms with Gasteiger partial charge in [0.15, 0.2) is 0 Å². The molecule has 0 saturated heterocycles. The van der Waals surface area contributed by atoms with Gasteiger partial charge in [-0.05, 0) is 31.9 Å². The van der Waals surface area contributed by atoms with Crippen LogP contribution in [-0.2, 0) is 6.61 Å². The minimum Gasteiger partial charge on any atom is -0.472 e. The molecule has 18 heavy (non-hydrogen) atoms. The molecule has 0 atom stereocenters. The van der Waals surface area contributed by atoms with E-state index >= 15 is 0 Å². The summed E-state index contributed by atoms with van der Waals surface area (Å²) in [6, 6.07) is 9.59. The number of benzene rings is 1. The van der Waals surface area contributed by atoms with Gasteiger partial charge in [0.2, 0.25) is 5.88 Å². The van der Waals surface area contributed by atoms with Crippen molar-refractivity contribution in [3.05, 3.63) is 35.9 Å². The second kappa shape index (κ2) is 4.94. The average Bonchev–Trinajstić information content (AvgIpc) is 2.37. The molecule has 1 heterocycles. The van der Waals surface area contributed by atoms with E-state index in [-0.39, 0.29) is 12.2 Å². The number of para-hydroxylation sites is 1. The maximum Gasteiger partial charge on any atom is 0.214 e. The Kier molecular flexibility index (Phi) is 3.53. The largest absolute Gasteiger partial charge is 0.472 e. The van der Waals surface area contributed by atoms with Gasteiger partial charge in [-0.1, -0.05) is 25.1 Å². The summed E-state index contributed by atoms with van der Waals surface area (Å²) < 4.78 is 5.88. The summed E-state index contributed by atoms with van der Waals surface area (Å²) in [5.74, 6) is 0.574. The summed E-state index contributed by atoms with van der Waals surface area (Å²) in [4.78, 5) is 4.48. The van der Waals surface area contributed by atoms with Crippen LogP contribution >= 0.6 is 0 Å². The highest BCUT2D eigenvalue weighted by molar-refractivity contribution is 5.82. The fourth-order valence-electron chi connectivity index (χ4n) is 1.76. The molecular formula is C15H19NO2. The van der Waals surface area contributed by atoms with Crippen LogP contribution in [0.5, 0.6) is 5.88 Å². The van der Waals surface area contributed by atoms with Crippen molar-refractivity contribution in [2.24, 2.45) is 0 Å². The first-order valence-corrected chi connectivity index (χ1v) is 6.24. The van der Waals surface area contributed by atoms with Crippen LogP contribution in [0, 0.1) is 0 Å². The molecule has 1 aromatic carbocycles. The summed E-state index contributed by atoms with van der Waals surface area (Å²) in [6.45, 7) is 6.13. The fourth-order valence-corrected chi connectivity index (χ4v) is 1.76. The van der Waals surface area contributed by atoms with Crippen LogP contribution in [0.3, 0.4) is 0 Å². The number of fused-ring (bicyclic) bond motifs is 1. The molecule has 0 radical (unpaired) electrons. The highest BCUT2D eigenvalue weighted by Crippen LogP contribution is 2.25. The number of pyridine rings is 1. The van der Waals surface area contributed by atoms with Crippen LogP contribution in [-0.4, -0.2) is 15.7 Å². The fraction of sp³-hybridized carbons (Fsp3) is 0.400. The minimum absolute atomic E-state index is 0.00799. The van der Waals surface area contributed by atoms with E-state index in [0.29, 0.717) is 5.88 Å². The summed E-state index contributed by atoms with van der Waals surface area (Å²) in [6.07, 6.45) is 0.899. The van der Waals surface area contributed by atoms with Crippen molar-refractivity contribution < 1.29 is 9.84 Å². The monoisotopic (exact) mass is 245 g/mol. The standard InChI is InChI=1S/C15H19NO2/c1-4-15(2,3)18-14-9-11(10-17)12-7-5-6-8-13(12)16-14/h5-9,17H,4,10H2,1-3H3. The van der Waals surface area contributed by atoms with Gasteiger partial charge in [-0.3, -0.25) is 0 Å². The molecule has 0 saturated carbocycles. The van der Waals surface area contributed by atoms with Gasteiger partial charge in [-0.15, -0.1) is 0 Å². The number of aromatic nitrogens is 1. The van der Waals surface area contributed by atoms with Gasteiger partial charge in [0.1, 0.15) is 5.60 Å². The lowest BCUT2D eigenvalue weighted by molar-refractivity contribution is 0.0992. The average molecular weight is 245 g/mol. The Balaban J connectivity index is 2.47. The van der Waals surface area contributed by atoms with E-state index in [1.807, 2.05) is 44.2 Å². The van der Waals surface area contributed by atoms with Crippen LogP contribution in [0.15, 0.2) is 30.3 Å². The first kappa shape index (κ1) is 12.8. The van der Waals surface area contributed by atoms with Crippen molar-refractivity contribution in [3.63, 3.8) is 0 Å². The Morgan fingerprint density at radius 1 is 1.28 bits per heavy atom. The number of nitrogens with zero attached hydrogens (tertiary/aromatic N) is 1. The number of hydrogen-bond donors (Lipinski definition) is 1. The lowest BCUT2D eigenvalue weighted by atomic mass is 10.1. The Morgan fingerprint density at radius 2 is 2.00 bits per heavy atom. The van der Waals surface area contributed by atoms with Crippen LogP contribution in [0.4, 0.5) is 0 Å². The molecular weight excluding hydrogens is 226 g/mol. The summed E-state index contributed by atoms with van der Waals surface area (Å²) in [7, 11) is 0. The molecule has 2 rings (SSSR count). The molecule has 0 amide bonds. The third kappa shape index (κ3) is 2.62. The lowest BCUT2D eigenvalue weighted by Gasteiger charge is -2.24. The molecule has 3 heteroatoms. The van der Waals surface area contributed by atoms with Gasteiger partial charge in [0.25, 0.3) is 0 Å². The third-order valence-corrected chi connectivity index (χ3v) is 3.18. The van der Waals surface area contributed by atoms with Crippen molar-refractivity contribution in [2.75, 3.05) is 0 Å². The Morgan fingerprint density at radius 3 is 2.67 bits per heavy atom. The first-order chi connectivity index (χ1) is 8.55. The SMILES string of the molecule is CCC(C)(C)Oc1cc(CO)c2ccccc2n1. The molecule has 96 valence electrons. The molecule has 0 bridgehead atoms. The predicted molar refractivity (Wildman–Crippen MR) is 72.7 cm³/mol. The van der Waals surface area contributed by atoms with Gasteiger partial charge in [0, 0.05) is 11.5 Å². The molecule has 0 spiro atoms. The maximum absolute atomic E-state index is 9.43. The second-order valence-electron chi connectivity index (χ2n) is 5.01. The van der Waals surface area contributed by atoms with E-state index in [1.54, 1.807) is 0 Å². The normalized spacial score (nSPS) is 11.8. The van der Waals surface area contributed by atoms with Crippen molar-refractivity contribution >= 4 is 10.9 Å². The Bertz CT molecular complexity index is 549. The molecule has 0 fully saturated rings. The molecule has 0 aliphatic rings. The molecule has 1 aromatic heterocycles. The van der Waals surface area contributed by atoms with E-state index in [2.05, 4.69) is 11.9 Å². The minimum atomic E-state index is -0.248. The number of hydrogen-bond acceptors (Lipinski definition) is 3. The van der Waals surface area contributed by atoms with E-state index in [9.17, 15) is 5.11 Å². The molecule has 0 unspecified atom stereocenters. The summed E-state index contributed by atoms with van der Waals surface area (Å²) >= 11 is 0. The Hall–Kier alpha value is -1.61. The van der Waals surface area contributed by atoms with Crippen LogP contribution in [0.25, 0.3) is 10.9 Å². The summed E-state index contributed by atoms with van der Waals surface area (Å²) in [5.41, 5.74) is 1.45. The van der Waals surface area contributed by atoms with Gasteiger partial charge >= 0.3 is 0 Å². The van der Waals surface area contributed by atoms with E-state index in [1.165, 1.54) is 0 Å². The van der Waals surface area contributed by atoms with E-state index in [4.69, 9.17) is 4.74 Å². The maximum atomic E-state index is 9.43.